The van der Waals surface area contributed by atoms with E-state index >= 15 is 0 Å². The second-order valence-electron chi connectivity index (χ2n) is 5.74. The zero-order chi connectivity index (χ0) is 14.2. The van der Waals surface area contributed by atoms with Gasteiger partial charge in [-0.1, -0.05) is 38.1 Å². The molecule has 0 aliphatic rings. The van der Waals surface area contributed by atoms with E-state index in [-0.39, 0.29) is 11.5 Å². The molecule has 0 aliphatic heterocycles. The standard InChI is InChI=1S/C14H18BrN3O/c1-8-6-5-7-9(10(8)15)13-17-12(18-19-13)11(16)14(2,3)4/h5-7,11H,16H2,1-4H3. The summed E-state index contributed by atoms with van der Waals surface area (Å²) in [6.07, 6.45) is 0. The number of nitrogens with zero attached hydrogens (tertiary/aromatic N) is 2. The van der Waals surface area contributed by atoms with E-state index in [0.717, 1.165) is 15.6 Å². The first-order valence-corrected chi connectivity index (χ1v) is 6.94. The van der Waals surface area contributed by atoms with Crippen LogP contribution in [0, 0.1) is 12.3 Å². The van der Waals surface area contributed by atoms with Gasteiger partial charge in [-0.25, -0.2) is 0 Å². The zero-order valence-electron chi connectivity index (χ0n) is 11.6. The molecule has 0 fully saturated rings. The molecule has 0 aliphatic carbocycles. The Hall–Kier alpha value is -1.20. The van der Waals surface area contributed by atoms with Crippen molar-refractivity contribution in [3.8, 4) is 11.5 Å². The Labute approximate surface area is 121 Å². The maximum absolute atomic E-state index is 6.13. The fourth-order valence-electron chi connectivity index (χ4n) is 1.67. The summed E-state index contributed by atoms with van der Waals surface area (Å²) in [5.41, 5.74) is 8.04. The third-order valence-electron chi connectivity index (χ3n) is 3.08. The quantitative estimate of drug-likeness (QED) is 0.911. The predicted octanol–water partition coefficient (Wildman–Crippen LogP) is 3.85. The number of hydrogen-bond donors (Lipinski definition) is 1. The van der Waals surface area contributed by atoms with E-state index in [4.69, 9.17) is 10.3 Å². The fraction of sp³-hybridized carbons (Fsp3) is 0.429. The Morgan fingerprint density at radius 2 is 2.00 bits per heavy atom. The summed E-state index contributed by atoms with van der Waals surface area (Å²) < 4.78 is 6.30. The van der Waals surface area contributed by atoms with Crippen molar-refractivity contribution in [2.75, 3.05) is 0 Å². The van der Waals surface area contributed by atoms with E-state index in [1.807, 2.05) is 25.1 Å². The highest BCUT2D eigenvalue weighted by molar-refractivity contribution is 9.10. The molecule has 2 rings (SSSR count). The molecule has 0 amide bonds. The fourth-order valence-corrected chi connectivity index (χ4v) is 2.10. The molecule has 0 radical (unpaired) electrons. The number of nitrogens with two attached hydrogens (primary N) is 1. The average molecular weight is 324 g/mol. The molecule has 2 N–H and O–H groups in total. The maximum atomic E-state index is 6.13. The first-order chi connectivity index (χ1) is 8.80. The van der Waals surface area contributed by atoms with Gasteiger partial charge in [-0.05, 0) is 39.9 Å². The van der Waals surface area contributed by atoms with Crippen molar-refractivity contribution >= 4 is 15.9 Å². The lowest BCUT2D eigenvalue weighted by Crippen LogP contribution is -2.27. The van der Waals surface area contributed by atoms with Gasteiger partial charge in [0.15, 0.2) is 5.82 Å². The molecule has 19 heavy (non-hydrogen) atoms. The van der Waals surface area contributed by atoms with Crippen molar-refractivity contribution in [2.45, 2.75) is 33.7 Å². The number of halogens is 1. The number of rotatable bonds is 2. The summed E-state index contributed by atoms with van der Waals surface area (Å²) in [4.78, 5) is 4.42. The smallest absolute Gasteiger partial charge is 0.259 e. The molecule has 0 saturated carbocycles. The monoisotopic (exact) mass is 323 g/mol. The van der Waals surface area contributed by atoms with Crippen LogP contribution in [0.15, 0.2) is 27.2 Å². The summed E-state index contributed by atoms with van der Waals surface area (Å²) >= 11 is 3.54. The molecule has 1 heterocycles. The lowest BCUT2D eigenvalue weighted by atomic mass is 9.87. The van der Waals surface area contributed by atoms with Crippen molar-refractivity contribution in [1.82, 2.24) is 10.1 Å². The van der Waals surface area contributed by atoms with Crippen molar-refractivity contribution < 1.29 is 4.52 Å². The summed E-state index contributed by atoms with van der Waals surface area (Å²) in [6.45, 7) is 8.18. The Balaban J connectivity index is 2.39. The van der Waals surface area contributed by atoms with Crippen LogP contribution in [0.2, 0.25) is 0 Å². The number of aryl methyl sites for hydroxylation is 1. The summed E-state index contributed by atoms with van der Waals surface area (Å²) in [7, 11) is 0. The highest BCUT2D eigenvalue weighted by Gasteiger charge is 2.27. The highest BCUT2D eigenvalue weighted by Crippen LogP contribution is 2.33. The normalized spacial score (nSPS) is 13.6. The number of benzene rings is 1. The molecule has 4 nitrogen and oxygen atoms in total. The zero-order valence-corrected chi connectivity index (χ0v) is 13.2. The van der Waals surface area contributed by atoms with Gasteiger partial charge in [0.2, 0.25) is 0 Å². The van der Waals surface area contributed by atoms with E-state index in [9.17, 15) is 0 Å². The van der Waals surface area contributed by atoms with Crippen LogP contribution in [-0.2, 0) is 0 Å². The second-order valence-corrected chi connectivity index (χ2v) is 6.53. The van der Waals surface area contributed by atoms with Crippen LogP contribution in [0.3, 0.4) is 0 Å². The first-order valence-electron chi connectivity index (χ1n) is 6.15. The van der Waals surface area contributed by atoms with Crippen LogP contribution in [0.1, 0.15) is 38.2 Å². The summed E-state index contributed by atoms with van der Waals surface area (Å²) in [5, 5.41) is 4.00. The lowest BCUT2D eigenvalue weighted by Gasteiger charge is -2.23. The molecular weight excluding hydrogens is 306 g/mol. The Kier molecular flexibility index (Phi) is 3.78. The molecule has 0 bridgehead atoms. The SMILES string of the molecule is Cc1cccc(-c2nc(C(N)C(C)(C)C)no2)c1Br. The van der Waals surface area contributed by atoms with Gasteiger partial charge in [0.1, 0.15) is 0 Å². The van der Waals surface area contributed by atoms with Crippen molar-refractivity contribution in [1.29, 1.82) is 0 Å². The Morgan fingerprint density at radius 1 is 1.32 bits per heavy atom. The summed E-state index contributed by atoms with van der Waals surface area (Å²) in [5.74, 6) is 1.03. The van der Waals surface area contributed by atoms with Crippen LogP contribution in [0.5, 0.6) is 0 Å². The van der Waals surface area contributed by atoms with Gasteiger partial charge in [-0.15, -0.1) is 0 Å². The Morgan fingerprint density at radius 3 is 2.63 bits per heavy atom. The van der Waals surface area contributed by atoms with Crippen LogP contribution in [0.4, 0.5) is 0 Å². The average Bonchev–Trinajstić information content (AvgIpc) is 2.79. The van der Waals surface area contributed by atoms with Crippen LogP contribution in [-0.4, -0.2) is 10.1 Å². The van der Waals surface area contributed by atoms with Gasteiger partial charge in [0, 0.05) is 4.47 Å². The molecule has 102 valence electrons. The van der Waals surface area contributed by atoms with Gasteiger partial charge in [0.05, 0.1) is 11.6 Å². The molecule has 1 aromatic heterocycles. The highest BCUT2D eigenvalue weighted by atomic mass is 79.9. The predicted molar refractivity (Wildman–Crippen MR) is 78.6 cm³/mol. The summed E-state index contributed by atoms with van der Waals surface area (Å²) in [6, 6.07) is 5.67. The largest absolute Gasteiger partial charge is 0.334 e. The van der Waals surface area contributed by atoms with E-state index in [1.54, 1.807) is 0 Å². The minimum atomic E-state index is -0.256. The van der Waals surface area contributed by atoms with Crippen molar-refractivity contribution in [3.05, 3.63) is 34.1 Å². The third kappa shape index (κ3) is 2.87. The van der Waals surface area contributed by atoms with Gasteiger partial charge >= 0.3 is 0 Å². The van der Waals surface area contributed by atoms with Crippen molar-refractivity contribution in [2.24, 2.45) is 11.1 Å². The lowest BCUT2D eigenvalue weighted by molar-refractivity contribution is 0.303. The molecule has 5 heteroatoms. The second kappa shape index (κ2) is 5.06. The minimum Gasteiger partial charge on any atom is -0.334 e. The van der Waals surface area contributed by atoms with Gasteiger partial charge in [-0.2, -0.15) is 4.98 Å². The number of aromatic nitrogens is 2. The van der Waals surface area contributed by atoms with Gasteiger partial charge < -0.3 is 10.3 Å². The Bertz CT molecular complexity index is 587. The van der Waals surface area contributed by atoms with Crippen LogP contribution >= 0.6 is 15.9 Å². The minimum absolute atomic E-state index is 0.106. The molecule has 2 aromatic rings. The van der Waals surface area contributed by atoms with Gasteiger partial charge in [0.25, 0.3) is 5.89 Å². The van der Waals surface area contributed by atoms with Gasteiger partial charge in [-0.3, -0.25) is 0 Å². The maximum Gasteiger partial charge on any atom is 0.259 e. The third-order valence-corrected chi connectivity index (χ3v) is 4.13. The molecule has 0 spiro atoms. The van der Waals surface area contributed by atoms with E-state index in [1.165, 1.54) is 0 Å². The van der Waals surface area contributed by atoms with E-state index < -0.39 is 0 Å². The topological polar surface area (TPSA) is 64.9 Å². The molecular formula is C14H18BrN3O. The van der Waals surface area contributed by atoms with E-state index in [2.05, 4.69) is 46.8 Å². The van der Waals surface area contributed by atoms with Crippen molar-refractivity contribution in [3.63, 3.8) is 0 Å². The van der Waals surface area contributed by atoms with E-state index in [0.29, 0.717) is 11.7 Å². The van der Waals surface area contributed by atoms with Crippen LogP contribution in [0.25, 0.3) is 11.5 Å². The first kappa shape index (κ1) is 14.2. The number of hydrogen-bond acceptors (Lipinski definition) is 4. The molecule has 1 atom stereocenters. The molecule has 0 saturated heterocycles. The van der Waals surface area contributed by atoms with Crippen LogP contribution < -0.4 is 5.73 Å². The molecule has 1 aromatic carbocycles. The molecule has 1 unspecified atom stereocenters.